The van der Waals surface area contributed by atoms with Gasteiger partial charge in [0.15, 0.2) is 0 Å². The van der Waals surface area contributed by atoms with Gasteiger partial charge in [-0.25, -0.2) is 14.2 Å². The van der Waals surface area contributed by atoms with Crippen molar-refractivity contribution in [2.45, 2.75) is 13.0 Å². The number of halogens is 4. The molecule has 1 atom stereocenters. The van der Waals surface area contributed by atoms with E-state index >= 15 is 0 Å². The number of rotatable bonds is 3. The van der Waals surface area contributed by atoms with Crippen LogP contribution in [0.15, 0.2) is 34.8 Å². The summed E-state index contributed by atoms with van der Waals surface area (Å²) in [5.74, 6) is 4.52. The summed E-state index contributed by atoms with van der Waals surface area (Å²) in [5.41, 5.74) is 4.13. The van der Waals surface area contributed by atoms with Crippen molar-refractivity contribution in [1.29, 1.82) is 0 Å². The Labute approximate surface area is 129 Å². The summed E-state index contributed by atoms with van der Waals surface area (Å²) in [6, 6.07) is 6.79. The number of nitrogens with two attached hydrogens (primary N) is 1. The van der Waals surface area contributed by atoms with Gasteiger partial charge in [-0.05, 0) is 52.2 Å². The third-order valence-electron chi connectivity index (χ3n) is 3.10. The first-order valence-electron chi connectivity index (χ1n) is 5.81. The molecule has 20 heavy (non-hydrogen) atoms. The second kappa shape index (κ2) is 6.18. The molecule has 0 saturated carbocycles. The number of hydrogen-bond donors (Lipinski definition) is 2. The minimum Gasteiger partial charge on any atom is -0.271 e. The molecule has 3 N–H and O–H groups in total. The summed E-state index contributed by atoms with van der Waals surface area (Å²) >= 11 is 9.03. The summed E-state index contributed by atoms with van der Waals surface area (Å²) in [4.78, 5) is 0. The number of aryl methyl sites for hydroxylation is 1. The van der Waals surface area contributed by atoms with Gasteiger partial charge in [0.2, 0.25) is 0 Å². The second-order valence-electron chi connectivity index (χ2n) is 4.37. The molecule has 0 fully saturated rings. The van der Waals surface area contributed by atoms with E-state index in [0.717, 1.165) is 5.56 Å². The van der Waals surface area contributed by atoms with E-state index in [9.17, 15) is 8.78 Å². The maximum atomic E-state index is 14.3. The first kappa shape index (κ1) is 15.4. The molecular formula is C14H12BrClF2N2. The first-order valence-corrected chi connectivity index (χ1v) is 6.98. The van der Waals surface area contributed by atoms with Gasteiger partial charge in [0.1, 0.15) is 11.6 Å². The molecule has 2 aromatic rings. The van der Waals surface area contributed by atoms with Gasteiger partial charge in [0.25, 0.3) is 0 Å². The summed E-state index contributed by atoms with van der Waals surface area (Å²) in [7, 11) is 0. The Balaban J connectivity index is 2.58. The Morgan fingerprint density at radius 1 is 1.20 bits per heavy atom. The molecule has 106 valence electrons. The van der Waals surface area contributed by atoms with Gasteiger partial charge in [-0.15, -0.1) is 0 Å². The van der Waals surface area contributed by atoms with Crippen molar-refractivity contribution in [3.8, 4) is 0 Å². The van der Waals surface area contributed by atoms with Crippen molar-refractivity contribution in [3.63, 3.8) is 0 Å². The zero-order valence-corrected chi connectivity index (χ0v) is 12.9. The predicted octanol–water partition coefficient (Wildman–Crippen LogP) is 4.24. The van der Waals surface area contributed by atoms with Gasteiger partial charge >= 0.3 is 0 Å². The molecule has 2 rings (SSSR count). The molecule has 0 aliphatic heterocycles. The van der Waals surface area contributed by atoms with Gasteiger partial charge < -0.3 is 0 Å². The molecular weight excluding hydrogens is 350 g/mol. The summed E-state index contributed by atoms with van der Waals surface area (Å²) < 4.78 is 28.1. The maximum absolute atomic E-state index is 14.3. The highest BCUT2D eigenvalue weighted by Crippen LogP contribution is 2.33. The van der Waals surface area contributed by atoms with Gasteiger partial charge in [-0.3, -0.25) is 5.84 Å². The lowest BCUT2D eigenvalue weighted by Gasteiger charge is -2.20. The predicted molar refractivity (Wildman–Crippen MR) is 79.4 cm³/mol. The van der Waals surface area contributed by atoms with Crippen molar-refractivity contribution in [3.05, 3.63) is 68.2 Å². The summed E-state index contributed by atoms with van der Waals surface area (Å²) in [6.07, 6.45) is 0. The van der Waals surface area contributed by atoms with Crippen LogP contribution in [0.25, 0.3) is 0 Å². The van der Waals surface area contributed by atoms with Gasteiger partial charge in [0.05, 0.1) is 11.1 Å². The topological polar surface area (TPSA) is 38.0 Å². The van der Waals surface area contributed by atoms with Crippen LogP contribution in [0, 0.1) is 18.6 Å². The highest BCUT2D eigenvalue weighted by Gasteiger charge is 2.21. The molecule has 2 aromatic carbocycles. The van der Waals surface area contributed by atoms with Gasteiger partial charge in [-0.2, -0.15) is 0 Å². The van der Waals surface area contributed by atoms with Crippen LogP contribution in [0.3, 0.4) is 0 Å². The van der Waals surface area contributed by atoms with Crippen LogP contribution in [0.5, 0.6) is 0 Å². The average Bonchev–Trinajstić information content (AvgIpc) is 2.43. The molecule has 0 amide bonds. The smallest absolute Gasteiger partial charge is 0.148 e. The summed E-state index contributed by atoms with van der Waals surface area (Å²) in [6.45, 7) is 1.80. The van der Waals surface area contributed by atoms with E-state index in [1.54, 1.807) is 25.1 Å². The SMILES string of the molecule is Cc1ccc(F)cc1C(NN)c1ccc(Br)c(Cl)c1F. The van der Waals surface area contributed by atoms with Crippen LogP contribution in [-0.2, 0) is 0 Å². The van der Waals surface area contributed by atoms with E-state index in [0.29, 0.717) is 10.0 Å². The normalized spacial score (nSPS) is 12.5. The number of hydrogen-bond acceptors (Lipinski definition) is 2. The Morgan fingerprint density at radius 3 is 2.55 bits per heavy atom. The monoisotopic (exact) mass is 360 g/mol. The molecule has 0 radical (unpaired) electrons. The molecule has 0 aliphatic carbocycles. The summed E-state index contributed by atoms with van der Waals surface area (Å²) in [5, 5.41) is -0.0307. The number of nitrogens with one attached hydrogen (secondary N) is 1. The lowest BCUT2D eigenvalue weighted by molar-refractivity contribution is 0.554. The molecule has 0 bridgehead atoms. The van der Waals surface area contributed by atoms with Crippen molar-refractivity contribution in [2.24, 2.45) is 5.84 Å². The molecule has 0 aliphatic rings. The maximum Gasteiger partial charge on any atom is 0.148 e. The van der Waals surface area contributed by atoms with Crippen LogP contribution < -0.4 is 11.3 Å². The largest absolute Gasteiger partial charge is 0.271 e. The lowest BCUT2D eigenvalue weighted by Crippen LogP contribution is -2.30. The van der Waals surface area contributed by atoms with E-state index in [-0.39, 0.29) is 10.6 Å². The van der Waals surface area contributed by atoms with E-state index in [1.807, 2.05) is 0 Å². The van der Waals surface area contributed by atoms with Crippen molar-refractivity contribution in [1.82, 2.24) is 5.43 Å². The van der Waals surface area contributed by atoms with E-state index < -0.39 is 17.7 Å². The van der Waals surface area contributed by atoms with Crippen molar-refractivity contribution >= 4 is 27.5 Å². The Morgan fingerprint density at radius 2 is 1.90 bits per heavy atom. The van der Waals surface area contributed by atoms with E-state index in [1.165, 1.54) is 12.1 Å². The molecule has 0 heterocycles. The first-order chi connectivity index (χ1) is 9.45. The molecule has 6 heteroatoms. The van der Waals surface area contributed by atoms with Crippen LogP contribution >= 0.6 is 27.5 Å². The average molecular weight is 362 g/mol. The highest BCUT2D eigenvalue weighted by molar-refractivity contribution is 9.10. The zero-order chi connectivity index (χ0) is 14.9. The number of benzene rings is 2. The van der Waals surface area contributed by atoms with Crippen LogP contribution in [0.4, 0.5) is 8.78 Å². The van der Waals surface area contributed by atoms with Crippen LogP contribution in [0.1, 0.15) is 22.7 Å². The van der Waals surface area contributed by atoms with E-state index in [2.05, 4.69) is 21.4 Å². The molecule has 2 nitrogen and oxygen atoms in total. The quantitative estimate of drug-likeness (QED) is 0.487. The van der Waals surface area contributed by atoms with E-state index in [4.69, 9.17) is 17.4 Å². The minimum atomic E-state index is -0.684. The Hall–Kier alpha value is -1.01. The lowest BCUT2D eigenvalue weighted by atomic mass is 9.95. The van der Waals surface area contributed by atoms with Crippen molar-refractivity contribution < 1.29 is 8.78 Å². The van der Waals surface area contributed by atoms with Crippen LogP contribution in [-0.4, -0.2) is 0 Å². The van der Waals surface area contributed by atoms with Gasteiger partial charge in [-0.1, -0.05) is 23.7 Å². The molecule has 1 unspecified atom stereocenters. The fourth-order valence-corrected chi connectivity index (χ4v) is 2.51. The van der Waals surface area contributed by atoms with Crippen molar-refractivity contribution in [2.75, 3.05) is 0 Å². The number of hydrazine groups is 1. The molecule has 0 spiro atoms. The fourth-order valence-electron chi connectivity index (χ4n) is 2.03. The molecule has 0 saturated heterocycles. The van der Waals surface area contributed by atoms with Gasteiger partial charge in [0, 0.05) is 10.0 Å². The zero-order valence-electron chi connectivity index (χ0n) is 10.6. The fraction of sp³-hybridized carbons (Fsp3) is 0.143. The third-order valence-corrected chi connectivity index (χ3v) is 4.35. The minimum absolute atomic E-state index is 0.0307. The molecule has 0 aromatic heterocycles. The van der Waals surface area contributed by atoms with Crippen LogP contribution in [0.2, 0.25) is 5.02 Å². The Bertz CT molecular complexity index is 649. The standard InChI is InChI=1S/C14H12BrClF2N2/c1-7-2-3-8(17)6-10(7)14(20-19)9-4-5-11(15)12(16)13(9)18/h2-6,14,20H,19H2,1H3. The Kier molecular flexibility index (Phi) is 4.75. The third kappa shape index (κ3) is 2.86. The highest BCUT2D eigenvalue weighted by atomic mass is 79.9. The second-order valence-corrected chi connectivity index (χ2v) is 5.60.